The molecule has 0 saturated heterocycles. The van der Waals surface area contributed by atoms with Gasteiger partial charge in [-0.05, 0) is 55.7 Å². The van der Waals surface area contributed by atoms with E-state index in [0.29, 0.717) is 5.69 Å². The van der Waals surface area contributed by atoms with E-state index >= 15 is 0 Å². The number of benzene rings is 2. The quantitative estimate of drug-likeness (QED) is 0.796. The molecule has 0 aliphatic carbocycles. The maximum Gasteiger partial charge on any atom is 0.230 e. The maximum absolute atomic E-state index is 12.2. The molecular weight excluding hydrogens is 276 g/mol. The van der Waals surface area contributed by atoms with Crippen molar-refractivity contribution in [2.45, 2.75) is 27.2 Å². The molecule has 3 aromatic rings. The van der Waals surface area contributed by atoms with Crippen LogP contribution in [0.15, 0.2) is 40.9 Å². The van der Waals surface area contributed by atoms with E-state index in [4.69, 9.17) is 4.52 Å². The molecule has 0 unspecified atom stereocenters. The largest absolute Gasteiger partial charge is 0.356 e. The molecule has 1 N–H and O–H groups in total. The normalized spacial score (nSPS) is 10.9. The Kier molecular flexibility index (Phi) is 3.67. The van der Waals surface area contributed by atoms with Crippen LogP contribution in [-0.2, 0) is 11.2 Å². The first kappa shape index (κ1) is 14.3. The second kappa shape index (κ2) is 5.64. The lowest BCUT2D eigenvalue weighted by atomic mass is 10.1. The Morgan fingerprint density at radius 2 is 1.91 bits per heavy atom. The summed E-state index contributed by atoms with van der Waals surface area (Å²) in [6.07, 6.45) is 0.198. The SMILES string of the molecule is Cc1ccc(NC(=O)Cc2noc3c(C)cccc23)cc1C. The van der Waals surface area contributed by atoms with Gasteiger partial charge in [0.2, 0.25) is 5.91 Å². The number of aryl methyl sites for hydroxylation is 3. The number of para-hydroxylation sites is 1. The first-order valence-electron chi connectivity index (χ1n) is 7.25. The highest BCUT2D eigenvalue weighted by Gasteiger charge is 2.13. The summed E-state index contributed by atoms with van der Waals surface area (Å²) in [6, 6.07) is 11.7. The van der Waals surface area contributed by atoms with Gasteiger partial charge in [-0.2, -0.15) is 0 Å². The van der Waals surface area contributed by atoms with E-state index in [1.54, 1.807) is 0 Å². The van der Waals surface area contributed by atoms with Gasteiger partial charge in [0.15, 0.2) is 5.58 Å². The molecule has 1 amide bonds. The standard InChI is InChI=1S/C18H18N2O2/c1-11-7-8-14(9-13(11)3)19-17(21)10-16-15-6-4-5-12(2)18(15)22-20-16/h4-9H,10H2,1-3H3,(H,19,21). The zero-order valence-corrected chi connectivity index (χ0v) is 12.9. The van der Waals surface area contributed by atoms with Crippen molar-refractivity contribution < 1.29 is 9.32 Å². The highest BCUT2D eigenvalue weighted by Crippen LogP contribution is 2.22. The minimum absolute atomic E-state index is 0.0973. The van der Waals surface area contributed by atoms with Crippen LogP contribution in [0.3, 0.4) is 0 Å². The van der Waals surface area contributed by atoms with E-state index in [1.807, 2.05) is 57.2 Å². The van der Waals surface area contributed by atoms with Gasteiger partial charge in [0, 0.05) is 11.1 Å². The highest BCUT2D eigenvalue weighted by atomic mass is 16.5. The number of hydrogen-bond acceptors (Lipinski definition) is 3. The Labute approximate surface area is 129 Å². The predicted molar refractivity (Wildman–Crippen MR) is 87.0 cm³/mol. The lowest BCUT2D eigenvalue weighted by molar-refractivity contribution is -0.115. The number of hydrogen-bond donors (Lipinski definition) is 1. The van der Waals surface area contributed by atoms with Crippen molar-refractivity contribution in [3.8, 4) is 0 Å². The van der Waals surface area contributed by atoms with Crippen LogP contribution in [0.5, 0.6) is 0 Å². The van der Waals surface area contributed by atoms with Gasteiger partial charge in [0.05, 0.1) is 6.42 Å². The maximum atomic E-state index is 12.2. The number of carbonyl (C=O) groups is 1. The van der Waals surface area contributed by atoms with Gasteiger partial charge in [-0.25, -0.2) is 0 Å². The molecule has 3 rings (SSSR count). The summed E-state index contributed by atoms with van der Waals surface area (Å²) in [6.45, 7) is 6.04. The van der Waals surface area contributed by atoms with Crippen molar-refractivity contribution in [2.24, 2.45) is 0 Å². The Morgan fingerprint density at radius 1 is 1.09 bits per heavy atom. The number of anilines is 1. The van der Waals surface area contributed by atoms with E-state index < -0.39 is 0 Å². The van der Waals surface area contributed by atoms with Gasteiger partial charge < -0.3 is 9.84 Å². The fraction of sp³-hybridized carbons (Fsp3) is 0.222. The highest BCUT2D eigenvalue weighted by molar-refractivity contribution is 5.95. The number of aromatic nitrogens is 1. The van der Waals surface area contributed by atoms with E-state index in [-0.39, 0.29) is 12.3 Å². The monoisotopic (exact) mass is 294 g/mol. The number of nitrogens with one attached hydrogen (secondary N) is 1. The number of fused-ring (bicyclic) bond motifs is 1. The molecule has 0 aliphatic heterocycles. The molecule has 4 nitrogen and oxygen atoms in total. The number of carbonyl (C=O) groups excluding carboxylic acids is 1. The van der Waals surface area contributed by atoms with Crippen LogP contribution >= 0.6 is 0 Å². The van der Waals surface area contributed by atoms with Crippen LogP contribution in [0.25, 0.3) is 11.0 Å². The molecule has 0 atom stereocenters. The van der Waals surface area contributed by atoms with Crippen molar-refractivity contribution in [1.29, 1.82) is 0 Å². The van der Waals surface area contributed by atoms with E-state index in [9.17, 15) is 4.79 Å². The summed E-state index contributed by atoms with van der Waals surface area (Å²) < 4.78 is 5.34. The number of amides is 1. The molecule has 0 saturated carbocycles. The predicted octanol–water partition coefficient (Wildman–Crippen LogP) is 3.93. The van der Waals surface area contributed by atoms with Gasteiger partial charge in [-0.15, -0.1) is 0 Å². The average Bonchev–Trinajstić information content (AvgIpc) is 2.87. The third-order valence-electron chi connectivity index (χ3n) is 3.89. The molecule has 0 spiro atoms. The van der Waals surface area contributed by atoms with Crippen molar-refractivity contribution in [2.75, 3.05) is 5.32 Å². The molecule has 22 heavy (non-hydrogen) atoms. The van der Waals surface area contributed by atoms with Gasteiger partial charge in [-0.3, -0.25) is 4.79 Å². The lowest BCUT2D eigenvalue weighted by Gasteiger charge is -2.07. The van der Waals surface area contributed by atoms with Gasteiger partial charge >= 0.3 is 0 Å². The van der Waals surface area contributed by atoms with E-state index in [1.165, 1.54) is 5.56 Å². The molecule has 0 bridgehead atoms. The molecule has 0 aliphatic rings. The van der Waals surface area contributed by atoms with Crippen molar-refractivity contribution in [3.05, 3.63) is 58.8 Å². The summed E-state index contributed by atoms with van der Waals surface area (Å²) in [4.78, 5) is 12.2. The van der Waals surface area contributed by atoms with Gasteiger partial charge in [0.25, 0.3) is 0 Å². The van der Waals surface area contributed by atoms with Crippen molar-refractivity contribution in [3.63, 3.8) is 0 Å². The third-order valence-corrected chi connectivity index (χ3v) is 3.89. The van der Waals surface area contributed by atoms with Crippen molar-refractivity contribution >= 4 is 22.6 Å². The molecule has 2 aromatic carbocycles. The second-order valence-electron chi connectivity index (χ2n) is 5.60. The smallest absolute Gasteiger partial charge is 0.230 e. The number of nitrogens with zero attached hydrogens (tertiary/aromatic N) is 1. The average molecular weight is 294 g/mol. The lowest BCUT2D eigenvalue weighted by Crippen LogP contribution is -2.14. The summed E-state index contributed by atoms with van der Waals surface area (Å²) in [5.41, 5.74) is 5.59. The molecule has 0 fully saturated rings. The van der Waals surface area contributed by atoms with E-state index in [0.717, 1.165) is 27.8 Å². The molecule has 1 aromatic heterocycles. The van der Waals surface area contributed by atoms with Crippen LogP contribution in [-0.4, -0.2) is 11.1 Å². The minimum atomic E-state index is -0.0973. The third kappa shape index (κ3) is 2.72. The van der Waals surface area contributed by atoms with E-state index in [2.05, 4.69) is 10.5 Å². The molecule has 4 heteroatoms. The summed E-state index contributed by atoms with van der Waals surface area (Å²) >= 11 is 0. The molecular formula is C18H18N2O2. The fourth-order valence-corrected chi connectivity index (χ4v) is 2.45. The van der Waals surface area contributed by atoms with Crippen LogP contribution in [0.4, 0.5) is 5.69 Å². The summed E-state index contributed by atoms with van der Waals surface area (Å²) in [7, 11) is 0. The first-order chi connectivity index (χ1) is 10.5. The minimum Gasteiger partial charge on any atom is -0.356 e. The zero-order chi connectivity index (χ0) is 15.7. The Hall–Kier alpha value is -2.62. The fourth-order valence-electron chi connectivity index (χ4n) is 2.45. The van der Waals surface area contributed by atoms with Crippen LogP contribution in [0, 0.1) is 20.8 Å². The summed E-state index contributed by atoms with van der Waals surface area (Å²) in [5, 5.41) is 7.84. The summed E-state index contributed by atoms with van der Waals surface area (Å²) in [5.74, 6) is -0.0973. The Balaban J connectivity index is 1.78. The van der Waals surface area contributed by atoms with Crippen LogP contribution in [0.1, 0.15) is 22.4 Å². The number of rotatable bonds is 3. The van der Waals surface area contributed by atoms with Crippen LogP contribution < -0.4 is 5.32 Å². The first-order valence-corrected chi connectivity index (χ1v) is 7.25. The molecule has 0 radical (unpaired) electrons. The van der Waals surface area contributed by atoms with Gasteiger partial charge in [0.1, 0.15) is 5.69 Å². The Bertz CT molecular complexity index is 849. The van der Waals surface area contributed by atoms with Gasteiger partial charge in [-0.1, -0.05) is 23.4 Å². The Morgan fingerprint density at radius 3 is 2.68 bits per heavy atom. The van der Waals surface area contributed by atoms with Crippen LogP contribution in [0.2, 0.25) is 0 Å². The molecule has 112 valence electrons. The molecule has 1 heterocycles. The topological polar surface area (TPSA) is 55.1 Å². The second-order valence-corrected chi connectivity index (χ2v) is 5.60. The van der Waals surface area contributed by atoms with Crippen molar-refractivity contribution in [1.82, 2.24) is 5.16 Å². The zero-order valence-electron chi connectivity index (χ0n) is 12.9.